The smallest absolute Gasteiger partial charge is 0.264 e. The highest BCUT2D eigenvalue weighted by Gasteiger charge is 2.41. The molecule has 7 heteroatoms. The van der Waals surface area contributed by atoms with Crippen LogP contribution in [0.4, 0.5) is 0 Å². The van der Waals surface area contributed by atoms with Crippen LogP contribution in [0.2, 0.25) is 0 Å². The van der Waals surface area contributed by atoms with E-state index in [9.17, 15) is 18.0 Å². The van der Waals surface area contributed by atoms with Gasteiger partial charge in [0.05, 0.1) is 12.9 Å². The standard InChI is InChI=1S/C10H13NO5S/c1-11-9(12)7-3-6(4-8(7)10(11)13)5-16-17(2,14)15/h6H,3-5H2,1-2H3. The van der Waals surface area contributed by atoms with Crippen molar-refractivity contribution in [3.05, 3.63) is 11.1 Å². The number of hydrogen-bond donors (Lipinski definition) is 0. The van der Waals surface area contributed by atoms with E-state index in [0.717, 1.165) is 11.2 Å². The first-order valence-electron chi connectivity index (χ1n) is 5.18. The quantitative estimate of drug-likeness (QED) is 0.512. The molecule has 94 valence electrons. The van der Waals surface area contributed by atoms with E-state index < -0.39 is 10.1 Å². The summed E-state index contributed by atoms with van der Waals surface area (Å²) < 4.78 is 26.4. The van der Waals surface area contributed by atoms with E-state index in [0.29, 0.717) is 24.0 Å². The predicted octanol–water partition coefficient (Wildman–Crippen LogP) is -0.332. The Labute approximate surface area is 99.4 Å². The van der Waals surface area contributed by atoms with Gasteiger partial charge in [0.1, 0.15) is 0 Å². The Kier molecular flexibility index (Phi) is 2.82. The summed E-state index contributed by atoms with van der Waals surface area (Å²) in [5, 5.41) is 0. The van der Waals surface area contributed by atoms with Crippen molar-refractivity contribution in [2.45, 2.75) is 12.8 Å². The van der Waals surface area contributed by atoms with Crippen LogP contribution in [0.25, 0.3) is 0 Å². The topological polar surface area (TPSA) is 80.8 Å². The first-order valence-corrected chi connectivity index (χ1v) is 7.00. The Morgan fingerprint density at radius 2 is 1.71 bits per heavy atom. The Balaban J connectivity index is 2.01. The van der Waals surface area contributed by atoms with Crippen molar-refractivity contribution >= 4 is 21.9 Å². The molecule has 1 aliphatic carbocycles. The van der Waals surface area contributed by atoms with Crippen molar-refractivity contribution in [3.8, 4) is 0 Å². The fraction of sp³-hybridized carbons (Fsp3) is 0.600. The third kappa shape index (κ3) is 2.25. The minimum absolute atomic E-state index is 0.0239. The number of amides is 2. The number of hydrogen-bond acceptors (Lipinski definition) is 5. The second-order valence-electron chi connectivity index (χ2n) is 4.39. The Bertz CT molecular complexity index is 491. The van der Waals surface area contributed by atoms with Gasteiger partial charge in [-0.3, -0.25) is 18.7 Å². The SMILES string of the molecule is CN1C(=O)C2=C(CC(COS(C)(=O)=O)C2)C1=O. The molecule has 0 radical (unpaired) electrons. The number of imide groups is 1. The molecule has 0 N–H and O–H groups in total. The van der Waals surface area contributed by atoms with Crippen LogP contribution < -0.4 is 0 Å². The summed E-state index contributed by atoms with van der Waals surface area (Å²) >= 11 is 0. The molecule has 1 heterocycles. The first kappa shape index (κ1) is 12.3. The summed E-state index contributed by atoms with van der Waals surface area (Å²) in [5.74, 6) is -0.643. The van der Waals surface area contributed by atoms with Crippen LogP contribution in [0.15, 0.2) is 11.1 Å². The van der Waals surface area contributed by atoms with Gasteiger partial charge in [0.15, 0.2) is 0 Å². The van der Waals surface area contributed by atoms with Gasteiger partial charge in [-0.15, -0.1) is 0 Å². The summed E-state index contributed by atoms with van der Waals surface area (Å²) in [5.41, 5.74) is 1.03. The molecule has 0 bridgehead atoms. The zero-order valence-electron chi connectivity index (χ0n) is 9.60. The second kappa shape index (κ2) is 3.92. The van der Waals surface area contributed by atoms with Gasteiger partial charge in [0, 0.05) is 18.2 Å². The highest BCUT2D eigenvalue weighted by Crippen LogP contribution is 2.37. The number of rotatable bonds is 3. The maximum Gasteiger partial charge on any atom is 0.264 e. The van der Waals surface area contributed by atoms with Crippen molar-refractivity contribution in [2.24, 2.45) is 5.92 Å². The summed E-state index contributed by atoms with van der Waals surface area (Å²) in [4.78, 5) is 24.4. The predicted molar refractivity (Wildman–Crippen MR) is 58.3 cm³/mol. The molecule has 0 spiro atoms. The third-order valence-electron chi connectivity index (χ3n) is 2.99. The molecule has 0 aromatic heterocycles. The van der Waals surface area contributed by atoms with Crippen LogP contribution in [0, 0.1) is 5.92 Å². The van der Waals surface area contributed by atoms with Crippen molar-refractivity contribution in [2.75, 3.05) is 19.9 Å². The molecule has 0 fully saturated rings. The summed E-state index contributed by atoms with van der Waals surface area (Å²) in [7, 11) is -2.02. The minimum atomic E-state index is -3.47. The summed E-state index contributed by atoms with van der Waals surface area (Å²) in [6.45, 7) is 0.0239. The van der Waals surface area contributed by atoms with Crippen LogP contribution in [0.5, 0.6) is 0 Å². The lowest BCUT2D eigenvalue weighted by atomic mass is 10.1. The number of carbonyl (C=O) groups excluding carboxylic acids is 2. The van der Waals surface area contributed by atoms with E-state index in [1.165, 1.54) is 7.05 Å². The highest BCUT2D eigenvalue weighted by atomic mass is 32.2. The van der Waals surface area contributed by atoms with Crippen LogP contribution in [-0.4, -0.2) is 45.0 Å². The van der Waals surface area contributed by atoms with Gasteiger partial charge in [0.2, 0.25) is 0 Å². The average molecular weight is 259 g/mol. The summed E-state index contributed by atoms with van der Waals surface area (Å²) in [6.07, 6.45) is 1.81. The van der Waals surface area contributed by atoms with Crippen LogP contribution >= 0.6 is 0 Å². The van der Waals surface area contributed by atoms with Crippen LogP contribution in [0.1, 0.15) is 12.8 Å². The van der Waals surface area contributed by atoms with E-state index in [1.54, 1.807) is 0 Å². The molecule has 2 aliphatic rings. The van der Waals surface area contributed by atoms with E-state index in [2.05, 4.69) is 4.18 Å². The lowest BCUT2D eigenvalue weighted by Gasteiger charge is -2.14. The molecule has 0 aromatic carbocycles. The third-order valence-corrected chi connectivity index (χ3v) is 3.56. The van der Waals surface area contributed by atoms with Crippen molar-refractivity contribution in [1.29, 1.82) is 0 Å². The fourth-order valence-electron chi connectivity index (χ4n) is 2.16. The van der Waals surface area contributed by atoms with E-state index in [4.69, 9.17) is 0 Å². The highest BCUT2D eigenvalue weighted by molar-refractivity contribution is 7.85. The van der Waals surface area contributed by atoms with Gasteiger partial charge >= 0.3 is 0 Å². The molecule has 6 nitrogen and oxygen atoms in total. The van der Waals surface area contributed by atoms with Gasteiger partial charge in [0.25, 0.3) is 21.9 Å². The number of carbonyl (C=O) groups is 2. The van der Waals surface area contributed by atoms with Gasteiger partial charge < -0.3 is 0 Å². The molecule has 0 saturated carbocycles. The van der Waals surface area contributed by atoms with Gasteiger partial charge in [-0.25, -0.2) is 0 Å². The normalized spacial score (nSPS) is 21.6. The second-order valence-corrected chi connectivity index (χ2v) is 6.03. The lowest BCUT2D eigenvalue weighted by Crippen LogP contribution is -2.29. The largest absolute Gasteiger partial charge is 0.278 e. The Morgan fingerprint density at radius 1 is 1.24 bits per heavy atom. The number of likely N-dealkylation sites (N-methyl/N-ethyl adjacent to an activating group) is 1. The maximum absolute atomic E-state index is 11.6. The van der Waals surface area contributed by atoms with Gasteiger partial charge in [-0.1, -0.05) is 0 Å². The van der Waals surface area contributed by atoms with Gasteiger partial charge in [-0.2, -0.15) is 8.42 Å². The molecular formula is C10H13NO5S. The van der Waals surface area contributed by atoms with Crippen LogP contribution in [-0.2, 0) is 23.9 Å². The Morgan fingerprint density at radius 3 is 2.12 bits per heavy atom. The molecule has 2 rings (SSSR count). The average Bonchev–Trinajstić information content (AvgIpc) is 2.72. The molecule has 2 amide bonds. The molecular weight excluding hydrogens is 246 g/mol. The minimum Gasteiger partial charge on any atom is -0.278 e. The van der Waals surface area contributed by atoms with Crippen molar-refractivity contribution in [1.82, 2.24) is 4.90 Å². The van der Waals surface area contributed by atoms with Crippen molar-refractivity contribution < 1.29 is 22.2 Å². The van der Waals surface area contributed by atoms with E-state index in [1.807, 2.05) is 0 Å². The molecule has 0 unspecified atom stereocenters. The monoisotopic (exact) mass is 259 g/mol. The molecule has 0 saturated heterocycles. The molecule has 1 aliphatic heterocycles. The molecule has 0 aromatic rings. The lowest BCUT2D eigenvalue weighted by molar-refractivity contribution is -0.136. The zero-order chi connectivity index (χ0) is 12.8. The maximum atomic E-state index is 11.6. The zero-order valence-corrected chi connectivity index (χ0v) is 10.4. The number of likely N-dealkylation sites (tertiary alicyclic amines) is 1. The summed E-state index contributed by atoms with van der Waals surface area (Å²) in [6, 6.07) is 0. The van der Waals surface area contributed by atoms with E-state index in [-0.39, 0.29) is 24.3 Å². The van der Waals surface area contributed by atoms with E-state index >= 15 is 0 Å². The van der Waals surface area contributed by atoms with Gasteiger partial charge in [-0.05, 0) is 18.8 Å². The van der Waals surface area contributed by atoms with Crippen molar-refractivity contribution in [3.63, 3.8) is 0 Å². The molecule has 0 atom stereocenters. The first-order chi connectivity index (χ1) is 7.79. The fourth-order valence-corrected chi connectivity index (χ4v) is 2.60. The van der Waals surface area contributed by atoms with Crippen LogP contribution in [0.3, 0.4) is 0 Å². The number of nitrogens with zero attached hydrogens (tertiary/aromatic N) is 1. The molecule has 17 heavy (non-hydrogen) atoms. The Hall–Kier alpha value is -1.21.